The van der Waals surface area contributed by atoms with E-state index in [4.69, 9.17) is 0 Å². The molecule has 110 valence electrons. The fourth-order valence-electron chi connectivity index (χ4n) is 2.02. The van der Waals surface area contributed by atoms with Gasteiger partial charge in [0, 0.05) is 37.2 Å². The molecular formula is C13H26N4OS. The van der Waals surface area contributed by atoms with Crippen LogP contribution in [0.1, 0.15) is 27.2 Å². The molecule has 1 unspecified atom stereocenters. The summed E-state index contributed by atoms with van der Waals surface area (Å²) in [7, 11) is 1.77. The van der Waals surface area contributed by atoms with Gasteiger partial charge in [-0.3, -0.25) is 9.79 Å². The molecule has 0 aliphatic carbocycles. The van der Waals surface area contributed by atoms with Crippen molar-refractivity contribution < 1.29 is 4.79 Å². The lowest BCUT2D eigenvalue weighted by molar-refractivity contribution is -0.120. The Hall–Kier alpha value is -0.910. The fraction of sp³-hybridized carbons (Fsp3) is 0.846. The number of guanidine groups is 1. The summed E-state index contributed by atoms with van der Waals surface area (Å²) in [5.74, 6) is 1.96. The number of hydrogen-bond acceptors (Lipinski definition) is 3. The normalized spacial score (nSPS) is 20.6. The van der Waals surface area contributed by atoms with Crippen LogP contribution in [0.25, 0.3) is 0 Å². The van der Waals surface area contributed by atoms with E-state index < -0.39 is 0 Å². The highest BCUT2D eigenvalue weighted by Gasteiger charge is 2.21. The predicted octanol–water partition coefficient (Wildman–Crippen LogP) is 0.914. The average molecular weight is 286 g/mol. The van der Waals surface area contributed by atoms with E-state index in [1.807, 2.05) is 25.6 Å². The number of aliphatic imine (C=N–C) groups is 1. The van der Waals surface area contributed by atoms with Crippen LogP contribution in [-0.2, 0) is 4.79 Å². The lowest BCUT2D eigenvalue weighted by Crippen LogP contribution is -2.50. The SMILES string of the molecule is CCC1CN(C(=NC)NCC(=O)NC(C)C)CCS1. The Kier molecular flexibility index (Phi) is 7.05. The number of rotatable bonds is 4. The number of nitrogens with zero attached hydrogens (tertiary/aromatic N) is 2. The van der Waals surface area contributed by atoms with E-state index in [0.29, 0.717) is 5.25 Å². The van der Waals surface area contributed by atoms with Crippen LogP contribution in [0.3, 0.4) is 0 Å². The van der Waals surface area contributed by atoms with Gasteiger partial charge < -0.3 is 15.5 Å². The Bertz CT molecular complexity index is 320. The van der Waals surface area contributed by atoms with Crippen LogP contribution >= 0.6 is 11.8 Å². The average Bonchev–Trinajstić information content (AvgIpc) is 2.39. The monoisotopic (exact) mass is 286 g/mol. The molecule has 5 nitrogen and oxygen atoms in total. The Morgan fingerprint density at radius 2 is 2.26 bits per heavy atom. The molecule has 1 heterocycles. The summed E-state index contributed by atoms with van der Waals surface area (Å²) in [4.78, 5) is 18.1. The second-order valence-corrected chi connectivity index (χ2v) is 6.38. The van der Waals surface area contributed by atoms with Gasteiger partial charge in [0.1, 0.15) is 0 Å². The first kappa shape index (κ1) is 16.1. The molecule has 1 rings (SSSR count). The number of nitrogens with one attached hydrogen (secondary N) is 2. The number of carbonyl (C=O) groups excluding carboxylic acids is 1. The molecule has 1 amide bonds. The van der Waals surface area contributed by atoms with E-state index in [9.17, 15) is 4.79 Å². The third-order valence-electron chi connectivity index (χ3n) is 2.96. The van der Waals surface area contributed by atoms with Crippen molar-refractivity contribution in [1.29, 1.82) is 0 Å². The van der Waals surface area contributed by atoms with Crippen LogP contribution in [0.15, 0.2) is 4.99 Å². The Balaban J connectivity index is 2.43. The molecule has 6 heteroatoms. The van der Waals surface area contributed by atoms with E-state index in [0.717, 1.165) is 24.8 Å². The summed E-state index contributed by atoms with van der Waals surface area (Å²) in [6.45, 7) is 8.42. The fourth-order valence-corrected chi connectivity index (χ4v) is 3.20. The standard InChI is InChI=1S/C13H26N4OS/c1-5-11-9-17(6-7-19-11)13(14-4)15-8-12(18)16-10(2)3/h10-11H,5-9H2,1-4H3,(H,14,15)(H,16,18). The summed E-state index contributed by atoms with van der Waals surface area (Å²) < 4.78 is 0. The van der Waals surface area contributed by atoms with Crippen molar-refractivity contribution in [2.24, 2.45) is 4.99 Å². The maximum atomic E-state index is 11.6. The van der Waals surface area contributed by atoms with E-state index in [2.05, 4.69) is 27.4 Å². The van der Waals surface area contributed by atoms with Gasteiger partial charge in [-0.2, -0.15) is 11.8 Å². The first-order valence-corrected chi connectivity index (χ1v) is 7.98. The first-order chi connectivity index (χ1) is 9.06. The minimum atomic E-state index is 0.00887. The van der Waals surface area contributed by atoms with Crippen LogP contribution in [0.4, 0.5) is 0 Å². The lowest BCUT2D eigenvalue weighted by Gasteiger charge is -2.34. The number of carbonyl (C=O) groups is 1. The van der Waals surface area contributed by atoms with Crippen molar-refractivity contribution >= 4 is 23.6 Å². The van der Waals surface area contributed by atoms with Gasteiger partial charge in [0.25, 0.3) is 0 Å². The van der Waals surface area contributed by atoms with Gasteiger partial charge >= 0.3 is 0 Å². The van der Waals surface area contributed by atoms with Gasteiger partial charge in [0.05, 0.1) is 6.54 Å². The van der Waals surface area contributed by atoms with Crippen molar-refractivity contribution in [3.63, 3.8) is 0 Å². The largest absolute Gasteiger partial charge is 0.352 e. The lowest BCUT2D eigenvalue weighted by atomic mass is 10.3. The summed E-state index contributed by atoms with van der Waals surface area (Å²) in [6.07, 6.45) is 1.17. The predicted molar refractivity (Wildman–Crippen MR) is 82.8 cm³/mol. The zero-order chi connectivity index (χ0) is 14.3. The van der Waals surface area contributed by atoms with Crippen molar-refractivity contribution in [3.8, 4) is 0 Å². The van der Waals surface area contributed by atoms with E-state index >= 15 is 0 Å². The molecule has 0 spiro atoms. The smallest absolute Gasteiger partial charge is 0.239 e. The molecule has 1 aliphatic heterocycles. The molecule has 0 aromatic rings. The zero-order valence-electron chi connectivity index (χ0n) is 12.4. The highest BCUT2D eigenvalue weighted by Crippen LogP contribution is 2.20. The quantitative estimate of drug-likeness (QED) is 0.596. The van der Waals surface area contributed by atoms with E-state index in [1.54, 1.807) is 7.05 Å². The molecule has 1 atom stereocenters. The minimum absolute atomic E-state index is 0.00887. The van der Waals surface area contributed by atoms with Gasteiger partial charge in [-0.1, -0.05) is 6.92 Å². The third kappa shape index (κ3) is 5.72. The summed E-state index contributed by atoms with van der Waals surface area (Å²) in [5.41, 5.74) is 0. The maximum absolute atomic E-state index is 11.6. The molecule has 0 radical (unpaired) electrons. The summed E-state index contributed by atoms with van der Waals surface area (Å²) in [5, 5.41) is 6.67. The maximum Gasteiger partial charge on any atom is 0.239 e. The van der Waals surface area contributed by atoms with Crippen LogP contribution in [0.2, 0.25) is 0 Å². The van der Waals surface area contributed by atoms with Crippen LogP contribution in [0.5, 0.6) is 0 Å². The number of amides is 1. The Labute approximate surface area is 120 Å². The molecule has 2 N–H and O–H groups in total. The molecule has 0 bridgehead atoms. The van der Waals surface area contributed by atoms with Crippen LogP contribution in [0, 0.1) is 0 Å². The van der Waals surface area contributed by atoms with E-state index in [-0.39, 0.29) is 18.5 Å². The molecule has 0 aromatic heterocycles. The van der Waals surface area contributed by atoms with Crippen molar-refractivity contribution in [3.05, 3.63) is 0 Å². The second kappa shape index (κ2) is 8.30. The zero-order valence-corrected chi connectivity index (χ0v) is 13.2. The molecule has 0 saturated carbocycles. The topological polar surface area (TPSA) is 56.7 Å². The van der Waals surface area contributed by atoms with Gasteiger partial charge in [0.2, 0.25) is 5.91 Å². The molecule has 1 fully saturated rings. The van der Waals surface area contributed by atoms with E-state index in [1.165, 1.54) is 6.42 Å². The highest BCUT2D eigenvalue weighted by atomic mass is 32.2. The molecule has 0 aromatic carbocycles. The molecule has 19 heavy (non-hydrogen) atoms. The molecular weight excluding hydrogens is 260 g/mol. The molecule has 1 aliphatic rings. The summed E-state index contributed by atoms with van der Waals surface area (Å²) >= 11 is 2.02. The number of hydrogen-bond donors (Lipinski definition) is 2. The highest BCUT2D eigenvalue weighted by molar-refractivity contribution is 8.00. The summed E-state index contributed by atoms with van der Waals surface area (Å²) in [6, 6.07) is 0.173. The minimum Gasteiger partial charge on any atom is -0.352 e. The van der Waals surface area contributed by atoms with Crippen molar-refractivity contribution in [1.82, 2.24) is 15.5 Å². The number of thioether (sulfide) groups is 1. The van der Waals surface area contributed by atoms with Crippen molar-refractivity contribution in [2.45, 2.75) is 38.5 Å². The van der Waals surface area contributed by atoms with Crippen LogP contribution in [-0.4, -0.2) is 60.5 Å². The van der Waals surface area contributed by atoms with Gasteiger partial charge in [-0.05, 0) is 20.3 Å². The third-order valence-corrected chi connectivity index (χ3v) is 4.33. The first-order valence-electron chi connectivity index (χ1n) is 6.93. The Morgan fingerprint density at radius 1 is 1.53 bits per heavy atom. The van der Waals surface area contributed by atoms with Crippen molar-refractivity contribution in [2.75, 3.05) is 32.4 Å². The van der Waals surface area contributed by atoms with Gasteiger partial charge in [-0.25, -0.2) is 0 Å². The van der Waals surface area contributed by atoms with Gasteiger partial charge in [-0.15, -0.1) is 0 Å². The van der Waals surface area contributed by atoms with Crippen LogP contribution < -0.4 is 10.6 Å². The Morgan fingerprint density at radius 3 is 2.84 bits per heavy atom. The second-order valence-electron chi connectivity index (χ2n) is 4.97. The van der Waals surface area contributed by atoms with Gasteiger partial charge in [0.15, 0.2) is 5.96 Å². The molecule has 1 saturated heterocycles.